The Balaban J connectivity index is 1.26. The first-order valence-corrected chi connectivity index (χ1v) is 8.77. The van der Waals surface area contributed by atoms with Crippen LogP contribution in [-0.4, -0.2) is 48.3 Å². The van der Waals surface area contributed by atoms with Gasteiger partial charge in [-0.25, -0.2) is 9.97 Å². The molecule has 0 aromatic carbocycles. The number of furan rings is 1. The van der Waals surface area contributed by atoms with Gasteiger partial charge in [-0.05, 0) is 18.6 Å². The Morgan fingerprint density at radius 3 is 3.12 bits per heavy atom. The zero-order chi connectivity index (χ0) is 17.9. The highest BCUT2D eigenvalue weighted by atomic mass is 16.5. The van der Waals surface area contributed by atoms with Gasteiger partial charge in [0.2, 0.25) is 11.8 Å². The second-order valence-electron chi connectivity index (χ2n) is 6.68. The highest BCUT2D eigenvalue weighted by molar-refractivity contribution is 5.76. The number of amides is 1. The largest absolute Gasteiger partial charge is 0.481 e. The summed E-state index contributed by atoms with van der Waals surface area (Å²) in [6.07, 6.45) is 4.49. The molecule has 1 N–H and O–H groups in total. The van der Waals surface area contributed by atoms with E-state index in [2.05, 4.69) is 20.2 Å². The van der Waals surface area contributed by atoms with Crippen molar-refractivity contribution in [1.29, 1.82) is 0 Å². The Labute approximate surface area is 151 Å². The fourth-order valence-corrected chi connectivity index (χ4v) is 3.67. The van der Waals surface area contributed by atoms with Gasteiger partial charge in [-0.2, -0.15) is 0 Å². The summed E-state index contributed by atoms with van der Waals surface area (Å²) in [6.45, 7) is 2.05. The molecule has 4 rings (SSSR count). The number of ether oxygens (including phenoxy) is 2. The van der Waals surface area contributed by atoms with Crippen LogP contribution in [0.15, 0.2) is 35.2 Å². The average Bonchev–Trinajstić information content (AvgIpc) is 3.36. The maximum absolute atomic E-state index is 12.1. The fraction of sp³-hybridized carbons (Fsp3) is 0.500. The van der Waals surface area contributed by atoms with E-state index in [-0.39, 0.29) is 18.1 Å². The number of carbonyl (C=O) groups is 1. The molecule has 0 spiro atoms. The summed E-state index contributed by atoms with van der Waals surface area (Å²) in [7, 11) is 1.59. The number of carbonyl (C=O) groups excluding carboxylic acids is 1. The van der Waals surface area contributed by atoms with E-state index >= 15 is 0 Å². The lowest BCUT2D eigenvalue weighted by Gasteiger charge is -2.20. The van der Waals surface area contributed by atoms with E-state index in [1.165, 1.54) is 6.33 Å². The summed E-state index contributed by atoms with van der Waals surface area (Å²) >= 11 is 0. The zero-order valence-electron chi connectivity index (χ0n) is 14.6. The molecule has 138 valence electrons. The van der Waals surface area contributed by atoms with Crippen LogP contribution in [0.3, 0.4) is 0 Å². The average molecular weight is 358 g/mol. The summed E-state index contributed by atoms with van der Waals surface area (Å²) in [4.78, 5) is 22.6. The quantitative estimate of drug-likeness (QED) is 0.834. The first-order valence-electron chi connectivity index (χ1n) is 8.77. The summed E-state index contributed by atoms with van der Waals surface area (Å²) in [6, 6.07) is 5.48. The Kier molecular flexibility index (Phi) is 4.75. The van der Waals surface area contributed by atoms with Crippen LogP contribution < -0.4 is 15.0 Å². The van der Waals surface area contributed by atoms with Crippen molar-refractivity contribution in [2.75, 3.05) is 25.1 Å². The first-order chi connectivity index (χ1) is 12.7. The van der Waals surface area contributed by atoms with Gasteiger partial charge in [0, 0.05) is 25.1 Å². The molecule has 3 atom stereocenters. The number of anilines is 1. The number of hydrogen-bond donors (Lipinski definition) is 1. The molecule has 2 saturated heterocycles. The van der Waals surface area contributed by atoms with Crippen LogP contribution in [0.1, 0.15) is 18.6 Å². The summed E-state index contributed by atoms with van der Waals surface area (Å²) < 4.78 is 16.5. The van der Waals surface area contributed by atoms with E-state index in [0.717, 1.165) is 31.1 Å². The van der Waals surface area contributed by atoms with Gasteiger partial charge in [-0.15, -0.1) is 0 Å². The van der Waals surface area contributed by atoms with Crippen molar-refractivity contribution in [2.24, 2.45) is 5.92 Å². The van der Waals surface area contributed by atoms with Crippen molar-refractivity contribution >= 4 is 11.7 Å². The van der Waals surface area contributed by atoms with Gasteiger partial charge < -0.3 is 24.1 Å². The van der Waals surface area contributed by atoms with Crippen LogP contribution in [0.5, 0.6) is 5.88 Å². The number of hydrogen-bond acceptors (Lipinski definition) is 7. The zero-order valence-corrected chi connectivity index (χ0v) is 14.6. The predicted molar refractivity (Wildman–Crippen MR) is 92.7 cm³/mol. The van der Waals surface area contributed by atoms with Crippen LogP contribution in [0.2, 0.25) is 0 Å². The fourth-order valence-electron chi connectivity index (χ4n) is 3.67. The van der Waals surface area contributed by atoms with Gasteiger partial charge in [0.25, 0.3) is 0 Å². The third kappa shape index (κ3) is 3.65. The molecular formula is C18H22N4O4. The minimum absolute atomic E-state index is 0.0104. The van der Waals surface area contributed by atoms with Crippen LogP contribution in [0.25, 0.3) is 0 Å². The second-order valence-corrected chi connectivity index (χ2v) is 6.68. The van der Waals surface area contributed by atoms with Gasteiger partial charge in [0.15, 0.2) is 0 Å². The van der Waals surface area contributed by atoms with Crippen molar-refractivity contribution in [1.82, 2.24) is 15.3 Å². The first kappa shape index (κ1) is 16.8. The van der Waals surface area contributed by atoms with Gasteiger partial charge >= 0.3 is 0 Å². The topological polar surface area (TPSA) is 89.7 Å². The van der Waals surface area contributed by atoms with Crippen LogP contribution >= 0.6 is 0 Å². The highest BCUT2D eigenvalue weighted by Gasteiger charge is 2.42. The molecule has 26 heavy (non-hydrogen) atoms. The van der Waals surface area contributed by atoms with E-state index in [9.17, 15) is 4.79 Å². The molecule has 4 heterocycles. The Morgan fingerprint density at radius 1 is 1.42 bits per heavy atom. The van der Waals surface area contributed by atoms with E-state index in [1.54, 1.807) is 13.4 Å². The molecule has 2 aliphatic heterocycles. The summed E-state index contributed by atoms with van der Waals surface area (Å²) in [5.74, 6) is 2.56. The highest BCUT2D eigenvalue weighted by Crippen LogP contribution is 2.36. The Morgan fingerprint density at radius 2 is 2.35 bits per heavy atom. The standard InChI is InChI=1S/C18H22N4O4/c1-24-18-7-16(20-11-21-18)22-9-12-5-14(26-15(12)10-22)6-17(23)19-8-13-3-2-4-25-13/h2-4,7,11-12,14-15H,5-6,8-10H2,1H3,(H,19,23)/t12-,14-,15+/m0/s1. The van der Waals surface area contributed by atoms with Gasteiger partial charge in [-0.1, -0.05) is 0 Å². The third-order valence-corrected chi connectivity index (χ3v) is 4.93. The van der Waals surface area contributed by atoms with Gasteiger partial charge in [-0.3, -0.25) is 4.79 Å². The molecular weight excluding hydrogens is 336 g/mol. The third-order valence-electron chi connectivity index (χ3n) is 4.93. The molecule has 2 aromatic rings. The molecule has 0 radical (unpaired) electrons. The number of fused-ring (bicyclic) bond motifs is 1. The number of methoxy groups -OCH3 is 1. The van der Waals surface area contributed by atoms with Crippen LogP contribution in [0, 0.1) is 5.92 Å². The predicted octanol–water partition coefficient (Wildman–Crippen LogP) is 1.38. The number of nitrogens with one attached hydrogen (secondary N) is 1. The molecule has 2 aliphatic rings. The van der Waals surface area contributed by atoms with E-state index in [1.807, 2.05) is 18.2 Å². The lowest BCUT2D eigenvalue weighted by Crippen LogP contribution is -2.29. The van der Waals surface area contributed by atoms with Crippen molar-refractivity contribution in [3.8, 4) is 5.88 Å². The summed E-state index contributed by atoms with van der Waals surface area (Å²) in [5, 5.41) is 2.87. The van der Waals surface area contributed by atoms with Crippen molar-refractivity contribution in [3.63, 3.8) is 0 Å². The second kappa shape index (κ2) is 7.33. The van der Waals surface area contributed by atoms with Crippen molar-refractivity contribution in [2.45, 2.75) is 31.6 Å². The lowest BCUT2D eigenvalue weighted by atomic mass is 10.0. The molecule has 8 heteroatoms. The smallest absolute Gasteiger partial charge is 0.222 e. The number of rotatable bonds is 6. The van der Waals surface area contributed by atoms with Crippen molar-refractivity contribution in [3.05, 3.63) is 36.5 Å². The maximum Gasteiger partial charge on any atom is 0.222 e. The molecule has 8 nitrogen and oxygen atoms in total. The van der Waals surface area contributed by atoms with E-state index < -0.39 is 0 Å². The molecule has 2 aromatic heterocycles. The number of aromatic nitrogens is 2. The normalized spacial score (nSPS) is 24.5. The maximum atomic E-state index is 12.1. The molecule has 2 fully saturated rings. The van der Waals surface area contributed by atoms with Gasteiger partial charge in [0.05, 0.1) is 38.5 Å². The Hall–Kier alpha value is -2.61. The molecule has 0 bridgehead atoms. The SMILES string of the molecule is COc1cc(N2C[C@@H]3C[C@@H](CC(=O)NCc4ccco4)O[C@@H]3C2)ncn1. The molecule has 0 unspecified atom stereocenters. The van der Waals surface area contributed by atoms with Crippen LogP contribution in [0.4, 0.5) is 5.82 Å². The van der Waals surface area contributed by atoms with E-state index in [0.29, 0.717) is 24.8 Å². The Bertz CT molecular complexity index is 737. The molecule has 1 amide bonds. The monoisotopic (exact) mass is 358 g/mol. The van der Waals surface area contributed by atoms with Crippen molar-refractivity contribution < 1.29 is 18.7 Å². The van der Waals surface area contributed by atoms with Crippen LogP contribution in [-0.2, 0) is 16.1 Å². The lowest BCUT2D eigenvalue weighted by molar-refractivity contribution is -0.123. The number of nitrogens with zero attached hydrogens (tertiary/aromatic N) is 3. The summed E-state index contributed by atoms with van der Waals surface area (Å²) in [5.41, 5.74) is 0. The minimum atomic E-state index is -0.0244. The van der Waals surface area contributed by atoms with Gasteiger partial charge in [0.1, 0.15) is 17.9 Å². The molecule has 0 saturated carbocycles. The van der Waals surface area contributed by atoms with E-state index in [4.69, 9.17) is 13.9 Å². The minimum Gasteiger partial charge on any atom is -0.481 e. The molecule has 0 aliphatic carbocycles.